The van der Waals surface area contributed by atoms with Crippen LogP contribution in [-0.4, -0.2) is 23.0 Å². The topological polar surface area (TPSA) is 42.0 Å². The molecule has 1 heterocycles. The van der Waals surface area contributed by atoms with Gasteiger partial charge in [0, 0.05) is 5.69 Å². The minimum atomic E-state index is -6.19. The number of hydrogen-bond donors (Lipinski definition) is 1. The molecule has 12 heteroatoms. The van der Waals surface area contributed by atoms with Gasteiger partial charge in [-0.15, -0.1) is 0 Å². The molecule has 0 aliphatic rings. The van der Waals surface area contributed by atoms with Crippen molar-refractivity contribution in [3.05, 3.63) is 23.0 Å². The average Bonchev–Trinajstić information content (AvgIpc) is 2.25. The van der Waals surface area contributed by atoms with Gasteiger partial charge in [0.15, 0.2) is 0 Å². The van der Waals surface area contributed by atoms with Crippen LogP contribution in [0.15, 0.2) is 12.1 Å². The van der Waals surface area contributed by atoms with Crippen molar-refractivity contribution >= 4 is 23.2 Å². The standard InChI is InChI=1S/C9H3ClF8N2O/c10-5-2-3(1-4(20-5)8(13,14)15)19-6(21)7(11,12)9(16,17)18/h1-2H,(H,19,20,21). The van der Waals surface area contributed by atoms with Crippen LogP contribution in [0.2, 0.25) is 5.15 Å². The normalized spacial score (nSPS) is 13.2. The number of halogens is 9. The van der Waals surface area contributed by atoms with Crippen LogP contribution < -0.4 is 5.32 Å². The van der Waals surface area contributed by atoms with Crippen LogP contribution in [0.3, 0.4) is 0 Å². The maximum Gasteiger partial charge on any atom is 0.463 e. The molecule has 0 radical (unpaired) electrons. The SMILES string of the molecule is O=C(Nc1cc(Cl)nc(C(F)(F)F)c1)C(F)(F)C(F)(F)F. The summed E-state index contributed by atoms with van der Waals surface area (Å²) in [5, 5.41) is 0.157. The summed E-state index contributed by atoms with van der Waals surface area (Å²) in [5.41, 5.74) is -2.67. The van der Waals surface area contributed by atoms with Gasteiger partial charge in [0.1, 0.15) is 10.8 Å². The van der Waals surface area contributed by atoms with E-state index < -0.39 is 40.7 Å². The van der Waals surface area contributed by atoms with E-state index in [1.165, 1.54) is 0 Å². The number of carbonyl (C=O) groups excluding carboxylic acids is 1. The molecule has 21 heavy (non-hydrogen) atoms. The Labute approximate surface area is 115 Å². The molecule has 1 aromatic rings. The first-order valence-electron chi connectivity index (χ1n) is 4.76. The number of anilines is 1. The Morgan fingerprint density at radius 1 is 1.05 bits per heavy atom. The quantitative estimate of drug-likeness (QED) is 0.654. The zero-order valence-corrected chi connectivity index (χ0v) is 10.2. The van der Waals surface area contributed by atoms with Crippen LogP contribution in [0.25, 0.3) is 0 Å². The van der Waals surface area contributed by atoms with Gasteiger partial charge < -0.3 is 5.32 Å². The molecule has 0 unspecified atom stereocenters. The van der Waals surface area contributed by atoms with Gasteiger partial charge in [0.05, 0.1) is 0 Å². The smallest absolute Gasteiger partial charge is 0.320 e. The van der Waals surface area contributed by atoms with Crippen LogP contribution >= 0.6 is 11.6 Å². The Morgan fingerprint density at radius 2 is 1.57 bits per heavy atom. The number of nitrogens with zero attached hydrogens (tertiary/aromatic N) is 1. The third kappa shape index (κ3) is 3.93. The molecule has 1 rings (SSSR count). The van der Waals surface area contributed by atoms with Crippen LogP contribution in [0.1, 0.15) is 5.69 Å². The van der Waals surface area contributed by atoms with E-state index in [2.05, 4.69) is 4.98 Å². The second-order valence-electron chi connectivity index (χ2n) is 3.59. The average molecular weight is 343 g/mol. The molecule has 0 spiro atoms. The van der Waals surface area contributed by atoms with Crippen molar-refractivity contribution in [3.63, 3.8) is 0 Å². The molecule has 0 aliphatic heterocycles. The van der Waals surface area contributed by atoms with Gasteiger partial charge in [-0.2, -0.15) is 35.1 Å². The molecule has 0 bridgehead atoms. The molecule has 1 amide bonds. The second-order valence-corrected chi connectivity index (χ2v) is 3.98. The summed E-state index contributed by atoms with van der Waals surface area (Å²) in [6.07, 6.45) is -11.2. The number of rotatable bonds is 2. The van der Waals surface area contributed by atoms with Gasteiger partial charge in [-0.3, -0.25) is 4.79 Å². The number of pyridine rings is 1. The van der Waals surface area contributed by atoms with Crippen LogP contribution in [-0.2, 0) is 11.0 Å². The maximum absolute atomic E-state index is 12.6. The summed E-state index contributed by atoms with van der Waals surface area (Å²) in [6, 6.07) is 0.553. The minimum absolute atomic E-state index is 0.0657. The predicted molar refractivity (Wildman–Crippen MR) is 53.9 cm³/mol. The van der Waals surface area contributed by atoms with E-state index in [0.29, 0.717) is 6.07 Å². The van der Waals surface area contributed by atoms with Gasteiger partial charge in [0.25, 0.3) is 0 Å². The lowest BCUT2D eigenvalue weighted by atomic mass is 10.2. The number of aromatic nitrogens is 1. The summed E-state index contributed by atoms with van der Waals surface area (Å²) in [5.74, 6) is -8.62. The molecule has 0 saturated heterocycles. The molecule has 0 atom stereocenters. The highest BCUT2D eigenvalue weighted by Gasteiger charge is 2.63. The maximum atomic E-state index is 12.6. The Balaban J connectivity index is 3.10. The fourth-order valence-corrected chi connectivity index (χ4v) is 1.26. The van der Waals surface area contributed by atoms with Crippen molar-refractivity contribution in [2.75, 3.05) is 5.32 Å². The van der Waals surface area contributed by atoms with E-state index in [1.807, 2.05) is 0 Å². The van der Waals surface area contributed by atoms with E-state index in [-0.39, 0.29) is 6.07 Å². The van der Waals surface area contributed by atoms with E-state index in [0.717, 1.165) is 5.32 Å². The van der Waals surface area contributed by atoms with Gasteiger partial charge in [0.2, 0.25) is 0 Å². The van der Waals surface area contributed by atoms with Gasteiger partial charge in [-0.05, 0) is 12.1 Å². The van der Waals surface area contributed by atoms with Gasteiger partial charge in [-0.25, -0.2) is 4.98 Å². The van der Waals surface area contributed by atoms with E-state index >= 15 is 0 Å². The van der Waals surface area contributed by atoms with E-state index in [9.17, 15) is 39.9 Å². The van der Waals surface area contributed by atoms with Crippen molar-refractivity contribution < 1.29 is 39.9 Å². The third-order valence-corrected chi connectivity index (χ3v) is 2.18. The van der Waals surface area contributed by atoms with E-state index in [1.54, 1.807) is 0 Å². The number of carbonyl (C=O) groups is 1. The molecule has 0 fully saturated rings. The van der Waals surface area contributed by atoms with Crippen molar-refractivity contribution in [2.24, 2.45) is 0 Å². The number of hydrogen-bond acceptors (Lipinski definition) is 2. The van der Waals surface area contributed by atoms with Crippen molar-refractivity contribution in [1.82, 2.24) is 4.98 Å². The first-order valence-corrected chi connectivity index (χ1v) is 5.13. The lowest BCUT2D eigenvalue weighted by Gasteiger charge is -2.19. The van der Waals surface area contributed by atoms with E-state index in [4.69, 9.17) is 11.6 Å². The third-order valence-electron chi connectivity index (χ3n) is 1.98. The summed E-state index contributed by atoms with van der Waals surface area (Å²) >= 11 is 5.17. The largest absolute Gasteiger partial charge is 0.463 e. The van der Waals surface area contributed by atoms with Crippen LogP contribution in [0.5, 0.6) is 0 Å². The number of alkyl halides is 8. The predicted octanol–water partition coefficient (Wildman–Crippen LogP) is 3.89. The van der Waals surface area contributed by atoms with Gasteiger partial charge >= 0.3 is 24.2 Å². The summed E-state index contributed by atoms with van der Waals surface area (Å²) < 4.78 is 98.0. The molecule has 1 aromatic heterocycles. The molecular formula is C9H3ClF8N2O. The lowest BCUT2D eigenvalue weighted by molar-refractivity contribution is -0.267. The Kier molecular flexibility index (Phi) is 4.37. The fraction of sp³-hybridized carbons (Fsp3) is 0.333. The number of nitrogens with one attached hydrogen (secondary N) is 1. The van der Waals surface area contributed by atoms with Crippen LogP contribution in [0, 0.1) is 0 Å². The van der Waals surface area contributed by atoms with Crippen molar-refractivity contribution in [3.8, 4) is 0 Å². The summed E-state index contributed by atoms with van der Waals surface area (Å²) in [4.78, 5) is 13.6. The molecule has 118 valence electrons. The van der Waals surface area contributed by atoms with Crippen molar-refractivity contribution in [1.29, 1.82) is 0 Å². The fourth-order valence-electron chi connectivity index (χ4n) is 1.05. The van der Waals surface area contributed by atoms with Crippen LogP contribution in [0.4, 0.5) is 40.8 Å². The Hall–Kier alpha value is -1.65. The van der Waals surface area contributed by atoms with Gasteiger partial charge in [-0.1, -0.05) is 11.6 Å². The highest BCUT2D eigenvalue weighted by Crippen LogP contribution is 2.37. The first-order chi connectivity index (χ1) is 9.25. The first kappa shape index (κ1) is 17.4. The Morgan fingerprint density at radius 3 is 2.00 bits per heavy atom. The molecule has 0 aromatic carbocycles. The summed E-state index contributed by atoms with van der Waals surface area (Å²) in [7, 11) is 0. The molecule has 3 nitrogen and oxygen atoms in total. The Bertz CT molecular complexity index is 554. The van der Waals surface area contributed by atoms with Crippen molar-refractivity contribution in [2.45, 2.75) is 18.3 Å². The monoisotopic (exact) mass is 342 g/mol. The highest BCUT2D eigenvalue weighted by atomic mass is 35.5. The molecule has 1 N–H and O–H groups in total. The number of amides is 1. The zero-order chi connectivity index (χ0) is 16.6. The second kappa shape index (κ2) is 5.28. The lowest BCUT2D eigenvalue weighted by Crippen LogP contribution is -2.47. The molecule has 0 saturated carbocycles. The molecule has 0 aliphatic carbocycles. The summed E-state index contributed by atoms with van der Waals surface area (Å²) in [6.45, 7) is 0. The zero-order valence-electron chi connectivity index (χ0n) is 9.41. The molecular weight excluding hydrogens is 340 g/mol. The highest BCUT2D eigenvalue weighted by molar-refractivity contribution is 6.29. The minimum Gasteiger partial charge on any atom is -0.320 e.